The van der Waals surface area contributed by atoms with Crippen molar-refractivity contribution in [2.75, 3.05) is 19.7 Å². The van der Waals surface area contributed by atoms with Crippen LogP contribution in [0.15, 0.2) is 36.4 Å². The van der Waals surface area contributed by atoms with Gasteiger partial charge in [0.25, 0.3) is 5.91 Å². The summed E-state index contributed by atoms with van der Waals surface area (Å²) in [5.41, 5.74) is 1.20. The van der Waals surface area contributed by atoms with Gasteiger partial charge in [-0.05, 0) is 67.9 Å². The number of ether oxygens (including phenoxy) is 1. The van der Waals surface area contributed by atoms with Crippen LogP contribution < -0.4 is 5.32 Å². The Kier molecular flexibility index (Phi) is 5.13. The maximum Gasteiger partial charge on any atom is 0.254 e. The molecule has 1 N–H and O–H groups in total. The minimum atomic E-state index is -0.421. The molecule has 1 saturated heterocycles. The number of fused-ring (bicyclic) bond motifs is 3. The molecule has 2 aliphatic heterocycles. The zero-order valence-electron chi connectivity index (χ0n) is 18.8. The number of carbonyl (C=O) groups excluding carboxylic acids is 2. The summed E-state index contributed by atoms with van der Waals surface area (Å²) >= 11 is 0. The van der Waals surface area contributed by atoms with Crippen LogP contribution >= 0.6 is 0 Å². The highest BCUT2D eigenvalue weighted by molar-refractivity contribution is 6.02. The monoisotopic (exact) mass is 434 g/mol. The number of allylic oxidation sites excluding steroid dienone is 2. The van der Waals surface area contributed by atoms with Gasteiger partial charge in [-0.1, -0.05) is 43.2 Å². The van der Waals surface area contributed by atoms with E-state index < -0.39 is 5.54 Å². The molecular weight excluding hydrogens is 400 g/mol. The summed E-state index contributed by atoms with van der Waals surface area (Å²) < 4.78 is 5.93. The molecule has 2 bridgehead atoms. The third-order valence-electron chi connectivity index (χ3n) is 8.92. The Hall–Kier alpha value is -2.14. The van der Waals surface area contributed by atoms with Crippen LogP contribution in [-0.4, -0.2) is 48.1 Å². The van der Waals surface area contributed by atoms with E-state index in [9.17, 15) is 9.59 Å². The van der Waals surface area contributed by atoms with Gasteiger partial charge in [0, 0.05) is 25.3 Å². The molecule has 1 aromatic carbocycles. The van der Waals surface area contributed by atoms with Gasteiger partial charge in [0.1, 0.15) is 0 Å². The third kappa shape index (κ3) is 3.23. The summed E-state index contributed by atoms with van der Waals surface area (Å²) in [6, 6.07) is 7.82. The van der Waals surface area contributed by atoms with Crippen molar-refractivity contribution in [3.8, 4) is 0 Å². The topological polar surface area (TPSA) is 58.6 Å². The van der Waals surface area contributed by atoms with Gasteiger partial charge in [0.05, 0.1) is 17.6 Å². The molecule has 3 fully saturated rings. The number of nitrogens with one attached hydrogen (secondary N) is 1. The zero-order chi connectivity index (χ0) is 21.7. The summed E-state index contributed by atoms with van der Waals surface area (Å²) in [6.07, 6.45) is 13.2. The Morgan fingerprint density at radius 1 is 1.12 bits per heavy atom. The average Bonchev–Trinajstić information content (AvgIpc) is 3.61. The normalized spacial score (nSPS) is 34.4. The molecule has 3 aliphatic carbocycles. The van der Waals surface area contributed by atoms with E-state index in [0.29, 0.717) is 29.9 Å². The molecule has 0 radical (unpaired) electrons. The van der Waals surface area contributed by atoms with E-state index in [4.69, 9.17) is 4.74 Å². The maximum absolute atomic E-state index is 13.9. The lowest BCUT2D eigenvalue weighted by molar-refractivity contribution is -0.127. The van der Waals surface area contributed by atoms with E-state index >= 15 is 0 Å². The first-order valence-corrected chi connectivity index (χ1v) is 12.6. The molecule has 170 valence electrons. The van der Waals surface area contributed by atoms with Gasteiger partial charge in [0.15, 0.2) is 0 Å². The largest absolute Gasteiger partial charge is 0.376 e. The van der Waals surface area contributed by atoms with Crippen LogP contribution in [0, 0.1) is 17.8 Å². The molecule has 5 unspecified atom stereocenters. The number of carbonyl (C=O) groups is 2. The summed E-state index contributed by atoms with van der Waals surface area (Å²) in [5, 5.41) is 3.36. The van der Waals surface area contributed by atoms with E-state index in [-0.39, 0.29) is 23.8 Å². The molecule has 1 aromatic rings. The predicted molar refractivity (Wildman–Crippen MR) is 122 cm³/mol. The molecule has 2 saturated carbocycles. The molecule has 0 aromatic heterocycles. The molecule has 5 heteroatoms. The van der Waals surface area contributed by atoms with E-state index in [1.54, 1.807) is 0 Å². The Balaban J connectivity index is 1.32. The lowest BCUT2D eigenvalue weighted by atomic mass is 9.70. The van der Waals surface area contributed by atoms with Crippen molar-refractivity contribution >= 4 is 11.8 Å². The number of hydrogen-bond donors (Lipinski definition) is 1. The fourth-order valence-corrected chi connectivity index (χ4v) is 7.39. The lowest BCUT2D eigenvalue weighted by Gasteiger charge is -2.50. The summed E-state index contributed by atoms with van der Waals surface area (Å²) in [4.78, 5) is 29.7. The minimum absolute atomic E-state index is 0.0836. The van der Waals surface area contributed by atoms with E-state index in [2.05, 4.69) is 22.4 Å². The Bertz CT molecular complexity index is 929. The number of amides is 2. The first-order chi connectivity index (χ1) is 15.7. The van der Waals surface area contributed by atoms with Crippen molar-refractivity contribution in [2.24, 2.45) is 17.8 Å². The molecule has 2 amide bonds. The highest BCUT2D eigenvalue weighted by Gasteiger charge is 2.56. The first-order valence-electron chi connectivity index (χ1n) is 12.6. The summed E-state index contributed by atoms with van der Waals surface area (Å²) in [7, 11) is 0. The Labute approximate surface area is 190 Å². The second-order valence-electron chi connectivity index (χ2n) is 10.7. The van der Waals surface area contributed by atoms with Gasteiger partial charge in [0.2, 0.25) is 5.91 Å². The fraction of sp³-hybridized carbons (Fsp3) is 0.630. The first kappa shape index (κ1) is 20.5. The summed E-state index contributed by atoms with van der Waals surface area (Å²) in [5.74, 6) is 1.78. The van der Waals surface area contributed by atoms with Crippen LogP contribution in [0.2, 0.25) is 0 Å². The number of hydrogen-bond acceptors (Lipinski definition) is 3. The number of rotatable bonds is 5. The maximum atomic E-state index is 13.9. The fourth-order valence-electron chi connectivity index (χ4n) is 7.39. The van der Waals surface area contributed by atoms with Gasteiger partial charge in [-0.2, -0.15) is 0 Å². The van der Waals surface area contributed by atoms with Crippen LogP contribution in [0.25, 0.3) is 0 Å². The molecule has 5 atom stereocenters. The van der Waals surface area contributed by atoms with Crippen molar-refractivity contribution in [3.63, 3.8) is 0 Å². The molecule has 5 aliphatic rings. The second kappa shape index (κ2) is 8.02. The van der Waals surface area contributed by atoms with Crippen LogP contribution in [0.5, 0.6) is 0 Å². The quantitative estimate of drug-likeness (QED) is 0.712. The number of benzene rings is 1. The van der Waals surface area contributed by atoms with Crippen molar-refractivity contribution < 1.29 is 14.3 Å². The van der Waals surface area contributed by atoms with Gasteiger partial charge >= 0.3 is 0 Å². The van der Waals surface area contributed by atoms with Crippen LogP contribution in [0.4, 0.5) is 0 Å². The Morgan fingerprint density at radius 3 is 2.69 bits per heavy atom. The predicted octanol–water partition coefficient (Wildman–Crippen LogP) is 4.05. The molecule has 1 spiro atoms. The molecule has 5 nitrogen and oxygen atoms in total. The van der Waals surface area contributed by atoms with Gasteiger partial charge in [-0.15, -0.1) is 0 Å². The highest BCUT2D eigenvalue weighted by Crippen LogP contribution is 2.51. The molecular formula is C27H34N2O3. The van der Waals surface area contributed by atoms with E-state index in [1.165, 1.54) is 12.8 Å². The van der Waals surface area contributed by atoms with Crippen molar-refractivity contribution in [1.82, 2.24) is 10.2 Å². The van der Waals surface area contributed by atoms with Crippen molar-refractivity contribution in [2.45, 2.75) is 68.9 Å². The van der Waals surface area contributed by atoms with Crippen molar-refractivity contribution in [3.05, 3.63) is 47.5 Å². The third-order valence-corrected chi connectivity index (χ3v) is 8.92. The molecule has 32 heavy (non-hydrogen) atoms. The average molecular weight is 435 g/mol. The van der Waals surface area contributed by atoms with Crippen LogP contribution in [0.1, 0.15) is 73.2 Å². The lowest BCUT2D eigenvalue weighted by Crippen LogP contribution is -2.62. The summed E-state index contributed by atoms with van der Waals surface area (Å²) in [6.45, 7) is 2.13. The second-order valence-corrected chi connectivity index (χ2v) is 10.7. The SMILES string of the molecule is O=C(NCC1CC2C=CC1C2)C1c2ccccc2C(=O)N(CC2CCCO2)C12CCCC2. The molecule has 2 heterocycles. The minimum Gasteiger partial charge on any atom is -0.376 e. The molecule has 6 rings (SSSR count). The smallest absolute Gasteiger partial charge is 0.254 e. The van der Waals surface area contributed by atoms with Crippen LogP contribution in [-0.2, 0) is 9.53 Å². The van der Waals surface area contributed by atoms with Gasteiger partial charge < -0.3 is 15.0 Å². The Morgan fingerprint density at radius 2 is 1.97 bits per heavy atom. The number of nitrogens with zero attached hydrogens (tertiary/aromatic N) is 1. The highest BCUT2D eigenvalue weighted by atomic mass is 16.5. The standard InChI is InChI=1S/C27H34N2O3/c30-25(28-16-20-15-18-9-10-19(20)14-18)24-22-7-1-2-8-23(22)26(31)29(17-21-6-5-13-32-21)27(24)11-3-4-12-27/h1-2,7-10,18-21,24H,3-6,11-17H2,(H,28,30). The van der Waals surface area contributed by atoms with E-state index in [1.807, 2.05) is 24.3 Å². The van der Waals surface area contributed by atoms with Gasteiger partial charge in [-0.3, -0.25) is 9.59 Å². The van der Waals surface area contributed by atoms with Crippen LogP contribution in [0.3, 0.4) is 0 Å². The zero-order valence-corrected chi connectivity index (χ0v) is 18.8. The van der Waals surface area contributed by atoms with E-state index in [0.717, 1.165) is 57.2 Å². The van der Waals surface area contributed by atoms with Crippen molar-refractivity contribution in [1.29, 1.82) is 0 Å². The van der Waals surface area contributed by atoms with Gasteiger partial charge in [-0.25, -0.2) is 0 Å².